The van der Waals surface area contributed by atoms with Gasteiger partial charge in [0.25, 0.3) is 0 Å². The summed E-state index contributed by atoms with van der Waals surface area (Å²) in [7, 11) is 1.66. The van der Waals surface area contributed by atoms with Gasteiger partial charge in [-0.25, -0.2) is 4.98 Å². The summed E-state index contributed by atoms with van der Waals surface area (Å²) in [5.41, 5.74) is 3.21. The molecule has 32 heavy (non-hydrogen) atoms. The number of anilines is 3. The van der Waals surface area contributed by atoms with Gasteiger partial charge in [-0.2, -0.15) is 0 Å². The Morgan fingerprint density at radius 3 is 2.31 bits per heavy atom. The van der Waals surface area contributed by atoms with Gasteiger partial charge in [0, 0.05) is 37.8 Å². The molecule has 6 nitrogen and oxygen atoms in total. The number of amides is 1. The third kappa shape index (κ3) is 4.40. The number of aromatic nitrogens is 1. The molecule has 1 aromatic heterocycles. The van der Waals surface area contributed by atoms with E-state index in [1.807, 2.05) is 42.5 Å². The third-order valence-electron chi connectivity index (χ3n) is 6.41. The first-order chi connectivity index (χ1) is 15.7. The quantitative estimate of drug-likeness (QED) is 0.639. The van der Waals surface area contributed by atoms with Gasteiger partial charge in [0.15, 0.2) is 0 Å². The molecule has 0 radical (unpaired) electrons. The highest BCUT2D eigenvalue weighted by molar-refractivity contribution is 5.95. The Bertz CT molecular complexity index is 1050. The number of nitrogens with zero attached hydrogens (tertiary/aromatic N) is 3. The molecule has 2 fully saturated rings. The molecule has 1 N–H and O–H groups in total. The highest BCUT2D eigenvalue weighted by Crippen LogP contribution is 2.48. The molecule has 2 aromatic carbocycles. The van der Waals surface area contributed by atoms with Crippen molar-refractivity contribution in [2.45, 2.75) is 12.3 Å². The molecule has 6 heteroatoms. The zero-order chi connectivity index (χ0) is 21.9. The Hall–Kier alpha value is -3.54. The number of nitrogens with one attached hydrogen (secondary N) is 1. The van der Waals surface area contributed by atoms with Gasteiger partial charge in [-0.3, -0.25) is 4.79 Å². The molecule has 1 saturated heterocycles. The van der Waals surface area contributed by atoms with Crippen molar-refractivity contribution in [1.82, 2.24) is 4.98 Å². The molecule has 2 atom stereocenters. The number of rotatable bonds is 6. The first kappa shape index (κ1) is 20.4. The SMILES string of the molecule is COc1ccc(C2CC2C(=O)Nc2ccc(N3CCN(c4ccccc4)CC3)nc2)cc1. The van der Waals surface area contributed by atoms with Crippen LogP contribution < -0.4 is 19.9 Å². The number of benzene rings is 2. The van der Waals surface area contributed by atoms with Crippen LogP contribution in [0.15, 0.2) is 72.9 Å². The summed E-state index contributed by atoms with van der Waals surface area (Å²) in [5, 5.41) is 3.03. The van der Waals surface area contributed by atoms with E-state index in [9.17, 15) is 4.79 Å². The van der Waals surface area contributed by atoms with Crippen molar-refractivity contribution < 1.29 is 9.53 Å². The highest BCUT2D eigenvalue weighted by Gasteiger charge is 2.43. The lowest BCUT2D eigenvalue weighted by Crippen LogP contribution is -2.46. The highest BCUT2D eigenvalue weighted by atomic mass is 16.5. The Labute approximate surface area is 188 Å². The molecule has 2 heterocycles. The largest absolute Gasteiger partial charge is 0.497 e. The number of piperazine rings is 1. The maximum atomic E-state index is 12.7. The molecule has 1 amide bonds. The standard InChI is InChI=1S/C26H28N4O2/c1-32-22-10-7-19(8-11-22)23-17-24(23)26(31)28-20-9-12-25(27-18-20)30-15-13-29(14-16-30)21-5-3-2-4-6-21/h2-12,18,23-24H,13-17H2,1H3,(H,28,31). The van der Waals surface area contributed by atoms with E-state index in [-0.39, 0.29) is 17.7 Å². The number of hydrogen-bond donors (Lipinski definition) is 1. The number of hydrogen-bond acceptors (Lipinski definition) is 5. The minimum atomic E-state index is 0.0223. The van der Waals surface area contributed by atoms with Crippen LogP contribution in [0.1, 0.15) is 17.9 Å². The molecule has 1 aliphatic carbocycles. The van der Waals surface area contributed by atoms with E-state index in [1.165, 1.54) is 11.3 Å². The van der Waals surface area contributed by atoms with Gasteiger partial charge in [0.1, 0.15) is 11.6 Å². The summed E-state index contributed by atoms with van der Waals surface area (Å²) in [6, 6.07) is 22.5. The first-order valence-electron chi connectivity index (χ1n) is 11.2. The number of para-hydroxylation sites is 1. The second-order valence-corrected chi connectivity index (χ2v) is 8.43. The predicted molar refractivity (Wildman–Crippen MR) is 128 cm³/mol. The van der Waals surface area contributed by atoms with Crippen molar-refractivity contribution in [3.05, 3.63) is 78.5 Å². The molecule has 5 rings (SSSR count). The van der Waals surface area contributed by atoms with Gasteiger partial charge in [0.2, 0.25) is 5.91 Å². The number of carbonyl (C=O) groups excluding carboxylic acids is 1. The Morgan fingerprint density at radius 1 is 0.938 bits per heavy atom. The van der Waals surface area contributed by atoms with Crippen LogP contribution in [-0.2, 0) is 4.79 Å². The zero-order valence-electron chi connectivity index (χ0n) is 18.3. The van der Waals surface area contributed by atoms with Crippen molar-refractivity contribution in [3.8, 4) is 5.75 Å². The third-order valence-corrected chi connectivity index (χ3v) is 6.41. The Balaban J connectivity index is 1.13. The second-order valence-electron chi connectivity index (χ2n) is 8.43. The van der Waals surface area contributed by atoms with Gasteiger partial charge in [-0.15, -0.1) is 0 Å². The van der Waals surface area contributed by atoms with Gasteiger partial charge in [0.05, 0.1) is 19.0 Å². The average molecular weight is 429 g/mol. The lowest BCUT2D eigenvalue weighted by molar-refractivity contribution is -0.117. The Morgan fingerprint density at radius 2 is 1.66 bits per heavy atom. The summed E-state index contributed by atoms with van der Waals surface area (Å²) < 4.78 is 5.21. The molecule has 164 valence electrons. The van der Waals surface area contributed by atoms with E-state index in [0.717, 1.165) is 49.9 Å². The van der Waals surface area contributed by atoms with Crippen molar-refractivity contribution in [2.75, 3.05) is 48.4 Å². The lowest BCUT2D eigenvalue weighted by Gasteiger charge is -2.36. The molecular weight excluding hydrogens is 400 g/mol. The smallest absolute Gasteiger partial charge is 0.228 e. The van der Waals surface area contributed by atoms with E-state index < -0.39 is 0 Å². The summed E-state index contributed by atoms with van der Waals surface area (Å²) >= 11 is 0. The van der Waals surface area contributed by atoms with E-state index in [1.54, 1.807) is 13.3 Å². The normalized spacial score (nSPS) is 20.0. The lowest BCUT2D eigenvalue weighted by atomic mass is 10.1. The summed E-state index contributed by atoms with van der Waals surface area (Å²) in [5.74, 6) is 2.17. The van der Waals surface area contributed by atoms with Crippen molar-refractivity contribution in [1.29, 1.82) is 0 Å². The van der Waals surface area contributed by atoms with Gasteiger partial charge >= 0.3 is 0 Å². The fourth-order valence-electron chi connectivity index (χ4n) is 4.42. The first-order valence-corrected chi connectivity index (χ1v) is 11.2. The second kappa shape index (κ2) is 8.91. The fraction of sp³-hybridized carbons (Fsp3) is 0.308. The van der Waals surface area contributed by atoms with Crippen LogP contribution in [0, 0.1) is 5.92 Å². The average Bonchev–Trinajstić information content (AvgIpc) is 3.67. The molecule has 2 unspecified atom stereocenters. The van der Waals surface area contributed by atoms with Crippen molar-refractivity contribution in [2.24, 2.45) is 5.92 Å². The Kier molecular flexibility index (Phi) is 5.67. The van der Waals surface area contributed by atoms with Crippen LogP contribution in [0.2, 0.25) is 0 Å². The summed E-state index contributed by atoms with van der Waals surface area (Å²) in [4.78, 5) is 22.0. The minimum Gasteiger partial charge on any atom is -0.497 e. The molecule has 3 aromatic rings. The fourth-order valence-corrected chi connectivity index (χ4v) is 4.42. The minimum absolute atomic E-state index is 0.0223. The van der Waals surface area contributed by atoms with Gasteiger partial charge in [-0.05, 0) is 54.3 Å². The number of carbonyl (C=O) groups is 1. The number of methoxy groups -OCH3 is 1. The van der Waals surface area contributed by atoms with Crippen LogP contribution in [-0.4, -0.2) is 44.2 Å². The molecule has 0 bridgehead atoms. The predicted octanol–water partition coefficient (Wildman–Crippen LogP) is 4.16. The molecule has 2 aliphatic rings. The molecule has 0 spiro atoms. The number of pyridine rings is 1. The van der Waals surface area contributed by atoms with Gasteiger partial charge in [-0.1, -0.05) is 30.3 Å². The van der Waals surface area contributed by atoms with Crippen LogP contribution in [0.3, 0.4) is 0 Å². The monoisotopic (exact) mass is 428 g/mol. The summed E-state index contributed by atoms with van der Waals surface area (Å²) in [6.07, 6.45) is 2.65. The maximum Gasteiger partial charge on any atom is 0.228 e. The van der Waals surface area contributed by atoms with E-state index >= 15 is 0 Å². The number of ether oxygens (including phenoxy) is 1. The summed E-state index contributed by atoms with van der Waals surface area (Å²) in [6.45, 7) is 3.80. The van der Waals surface area contributed by atoms with Crippen molar-refractivity contribution >= 4 is 23.1 Å². The van der Waals surface area contributed by atoms with E-state index in [4.69, 9.17) is 4.74 Å². The van der Waals surface area contributed by atoms with Crippen LogP contribution >= 0.6 is 0 Å². The van der Waals surface area contributed by atoms with Crippen LogP contribution in [0.25, 0.3) is 0 Å². The van der Waals surface area contributed by atoms with E-state index in [2.05, 4.69) is 44.4 Å². The zero-order valence-corrected chi connectivity index (χ0v) is 18.3. The van der Waals surface area contributed by atoms with E-state index in [0.29, 0.717) is 0 Å². The molecule has 1 aliphatic heterocycles. The molecular formula is C26H28N4O2. The van der Waals surface area contributed by atoms with Gasteiger partial charge < -0.3 is 19.9 Å². The van der Waals surface area contributed by atoms with Crippen molar-refractivity contribution in [3.63, 3.8) is 0 Å². The topological polar surface area (TPSA) is 57.7 Å². The van der Waals surface area contributed by atoms with Crippen LogP contribution in [0.4, 0.5) is 17.2 Å². The van der Waals surface area contributed by atoms with Crippen LogP contribution in [0.5, 0.6) is 5.75 Å². The molecule has 1 saturated carbocycles. The maximum absolute atomic E-state index is 12.7.